The molecule has 0 atom stereocenters. The van der Waals surface area contributed by atoms with Gasteiger partial charge in [0, 0.05) is 5.57 Å². The van der Waals surface area contributed by atoms with Crippen LogP contribution in [0.5, 0.6) is 0 Å². The Morgan fingerprint density at radius 2 is 1.92 bits per heavy atom. The Labute approximate surface area is 73.5 Å². The summed E-state index contributed by atoms with van der Waals surface area (Å²) in [6.45, 7) is 0. The van der Waals surface area contributed by atoms with Crippen molar-refractivity contribution in [3.63, 3.8) is 0 Å². The average Bonchev–Trinajstić information content (AvgIpc) is 2.03. The minimum atomic E-state index is -4.47. The van der Waals surface area contributed by atoms with Gasteiger partial charge < -0.3 is 10.0 Å². The Kier molecular flexibility index (Phi) is 2.82. The van der Waals surface area contributed by atoms with E-state index < -0.39 is 24.3 Å². The van der Waals surface area contributed by atoms with E-state index in [1.807, 2.05) is 0 Å². The van der Waals surface area contributed by atoms with Crippen molar-refractivity contribution in [1.82, 2.24) is 0 Å². The predicted octanol–water partition coefficient (Wildman–Crippen LogP) is 1.21. The molecule has 0 bridgehead atoms. The fourth-order valence-electron chi connectivity index (χ4n) is 1.23. The lowest BCUT2D eigenvalue weighted by Crippen LogP contribution is -2.24. The zero-order valence-corrected chi connectivity index (χ0v) is 6.67. The minimum absolute atomic E-state index is 0.188. The summed E-state index contributed by atoms with van der Waals surface area (Å²) in [6, 6.07) is 0. The molecule has 72 valence electrons. The summed E-state index contributed by atoms with van der Waals surface area (Å²) < 4.78 is 36.7. The molecule has 2 nitrogen and oxygen atoms in total. The van der Waals surface area contributed by atoms with Crippen LogP contribution in [0.25, 0.3) is 0 Å². The maximum Gasteiger partial charge on any atom is 0.488 e. The molecule has 0 heterocycles. The zero-order valence-electron chi connectivity index (χ0n) is 6.67. The van der Waals surface area contributed by atoms with Crippen molar-refractivity contribution in [2.75, 3.05) is 0 Å². The van der Waals surface area contributed by atoms with E-state index in [1.54, 1.807) is 0 Å². The molecule has 0 unspecified atom stereocenters. The van der Waals surface area contributed by atoms with Gasteiger partial charge in [0.25, 0.3) is 0 Å². The third-order valence-corrected chi connectivity index (χ3v) is 1.83. The number of allylic oxidation sites excluding steroid dienone is 4. The zero-order chi connectivity index (χ0) is 10.1. The summed E-state index contributed by atoms with van der Waals surface area (Å²) in [5, 5.41) is 17.3. The molecular formula is C7H8BF3O2. The first kappa shape index (κ1) is 10.3. The molecule has 2 N–H and O–H groups in total. The van der Waals surface area contributed by atoms with E-state index in [-0.39, 0.29) is 12.8 Å². The van der Waals surface area contributed by atoms with Gasteiger partial charge in [-0.2, -0.15) is 13.2 Å². The topological polar surface area (TPSA) is 40.5 Å². The Balaban J connectivity index is 3.05. The number of halogens is 3. The van der Waals surface area contributed by atoms with Crippen molar-refractivity contribution in [2.24, 2.45) is 0 Å². The van der Waals surface area contributed by atoms with Gasteiger partial charge in [-0.1, -0.05) is 12.2 Å². The predicted molar refractivity (Wildman–Crippen MR) is 41.6 cm³/mol. The van der Waals surface area contributed by atoms with E-state index in [9.17, 15) is 13.2 Å². The summed E-state index contributed by atoms with van der Waals surface area (Å²) in [7, 11) is -2.05. The first-order valence-electron chi connectivity index (χ1n) is 3.76. The molecule has 1 aliphatic rings. The molecule has 0 aliphatic heterocycles. The lowest BCUT2D eigenvalue weighted by molar-refractivity contribution is -0.0945. The van der Waals surface area contributed by atoms with E-state index in [0.717, 1.165) is 6.08 Å². The highest BCUT2D eigenvalue weighted by Gasteiger charge is 2.38. The van der Waals surface area contributed by atoms with Crippen molar-refractivity contribution >= 4 is 7.12 Å². The summed E-state index contributed by atoms with van der Waals surface area (Å²) in [4.78, 5) is 0. The normalized spacial score (nSPS) is 17.9. The third kappa shape index (κ3) is 2.35. The Bertz CT molecular complexity index is 255. The lowest BCUT2D eigenvalue weighted by Gasteiger charge is -2.17. The second-order valence-electron chi connectivity index (χ2n) is 2.75. The Morgan fingerprint density at radius 3 is 2.31 bits per heavy atom. The molecule has 0 fully saturated rings. The van der Waals surface area contributed by atoms with E-state index in [2.05, 4.69) is 0 Å². The highest BCUT2D eigenvalue weighted by molar-refractivity contribution is 6.52. The molecule has 0 spiro atoms. The van der Waals surface area contributed by atoms with Crippen LogP contribution in [0.4, 0.5) is 13.2 Å². The van der Waals surface area contributed by atoms with Gasteiger partial charge in [-0.15, -0.1) is 0 Å². The van der Waals surface area contributed by atoms with E-state index >= 15 is 0 Å². The summed E-state index contributed by atoms with van der Waals surface area (Å²) in [6.07, 6.45) is -1.77. The summed E-state index contributed by atoms with van der Waals surface area (Å²) >= 11 is 0. The van der Waals surface area contributed by atoms with Gasteiger partial charge in [-0.05, 0) is 18.3 Å². The maximum atomic E-state index is 12.2. The summed E-state index contributed by atoms with van der Waals surface area (Å²) in [5.41, 5.74) is -1.29. The van der Waals surface area contributed by atoms with Crippen LogP contribution in [0.15, 0.2) is 23.2 Å². The smallest absolute Gasteiger partial charge is 0.423 e. The van der Waals surface area contributed by atoms with Gasteiger partial charge in [0.05, 0.1) is 0 Å². The molecule has 6 heteroatoms. The van der Waals surface area contributed by atoms with Crippen molar-refractivity contribution in [1.29, 1.82) is 0 Å². The number of rotatable bonds is 1. The van der Waals surface area contributed by atoms with Crippen molar-refractivity contribution in [3.8, 4) is 0 Å². The van der Waals surface area contributed by atoms with Gasteiger partial charge in [0.15, 0.2) is 0 Å². The molecule has 1 rings (SSSR count). The van der Waals surface area contributed by atoms with Crippen molar-refractivity contribution < 1.29 is 23.2 Å². The lowest BCUT2D eigenvalue weighted by atomic mass is 9.73. The summed E-state index contributed by atoms with van der Waals surface area (Å²) in [5.74, 6) is 0. The first-order valence-corrected chi connectivity index (χ1v) is 3.76. The molecule has 0 saturated heterocycles. The second-order valence-corrected chi connectivity index (χ2v) is 2.75. The number of hydrogen-bond acceptors (Lipinski definition) is 2. The van der Waals surface area contributed by atoms with E-state index in [4.69, 9.17) is 10.0 Å². The van der Waals surface area contributed by atoms with Crippen LogP contribution >= 0.6 is 0 Å². The number of hydrogen-bond donors (Lipinski definition) is 2. The molecule has 13 heavy (non-hydrogen) atoms. The number of alkyl halides is 3. The first-order chi connectivity index (χ1) is 5.93. The Morgan fingerprint density at radius 1 is 1.31 bits per heavy atom. The van der Waals surface area contributed by atoms with Crippen LogP contribution in [0, 0.1) is 0 Å². The van der Waals surface area contributed by atoms with E-state index in [1.165, 1.54) is 6.08 Å². The molecular weight excluding hydrogens is 184 g/mol. The standard InChI is InChI=1S/C7H8BF3O2/c9-7(10,11)5-3-1-2-4-6(5)8(12)13/h2,4,12-13H,1,3H2. The van der Waals surface area contributed by atoms with Crippen LogP contribution in [0.3, 0.4) is 0 Å². The molecule has 0 aromatic rings. The van der Waals surface area contributed by atoms with Crippen LogP contribution < -0.4 is 0 Å². The van der Waals surface area contributed by atoms with Gasteiger partial charge in [0.1, 0.15) is 0 Å². The van der Waals surface area contributed by atoms with Crippen LogP contribution in [-0.2, 0) is 0 Å². The Hall–Kier alpha value is -0.745. The quantitative estimate of drug-likeness (QED) is 0.612. The fraction of sp³-hybridized carbons (Fsp3) is 0.429. The average molecular weight is 192 g/mol. The molecule has 1 aliphatic carbocycles. The minimum Gasteiger partial charge on any atom is -0.423 e. The van der Waals surface area contributed by atoms with Crippen molar-refractivity contribution in [2.45, 2.75) is 19.0 Å². The van der Waals surface area contributed by atoms with Crippen LogP contribution in [0.1, 0.15) is 12.8 Å². The SMILES string of the molecule is OB(O)C1=C(C(F)(F)F)CCC=C1. The van der Waals surface area contributed by atoms with Crippen LogP contribution in [0.2, 0.25) is 0 Å². The monoisotopic (exact) mass is 192 g/mol. The van der Waals surface area contributed by atoms with Gasteiger partial charge >= 0.3 is 13.3 Å². The van der Waals surface area contributed by atoms with Crippen LogP contribution in [-0.4, -0.2) is 23.3 Å². The molecule has 0 saturated carbocycles. The highest BCUT2D eigenvalue weighted by Crippen LogP contribution is 2.34. The third-order valence-electron chi connectivity index (χ3n) is 1.83. The molecule has 0 radical (unpaired) electrons. The second kappa shape index (κ2) is 3.55. The van der Waals surface area contributed by atoms with Gasteiger partial charge in [-0.3, -0.25) is 0 Å². The molecule has 0 aromatic heterocycles. The fourth-order valence-corrected chi connectivity index (χ4v) is 1.23. The highest BCUT2D eigenvalue weighted by atomic mass is 19.4. The van der Waals surface area contributed by atoms with Gasteiger partial charge in [0.2, 0.25) is 0 Å². The van der Waals surface area contributed by atoms with Gasteiger partial charge in [-0.25, -0.2) is 0 Å². The maximum absolute atomic E-state index is 12.2. The molecule has 0 amide bonds. The van der Waals surface area contributed by atoms with Crippen molar-refractivity contribution in [3.05, 3.63) is 23.2 Å². The largest absolute Gasteiger partial charge is 0.488 e. The molecule has 0 aromatic carbocycles. The van der Waals surface area contributed by atoms with E-state index in [0.29, 0.717) is 0 Å².